The van der Waals surface area contributed by atoms with Crippen LogP contribution in [0.15, 0.2) is 267 Å². The molecule has 0 aliphatic heterocycles. The van der Waals surface area contributed by atoms with Crippen LogP contribution in [-0.4, -0.2) is 0 Å². The second-order valence-corrected chi connectivity index (χ2v) is 20.8. The van der Waals surface area contributed by atoms with E-state index in [1.165, 1.54) is 112 Å². The molecule has 4 bridgehead atoms. The third-order valence-corrected chi connectivity index (χ3v) is 15.8. The maximum absolute atomic E-state index is 2.56. The number of hydrogen-bond acceptors (Lipinski definition) is 2. The van der Waals surface area contributed by atoms with E-state index in [9.17, 15) is 0 Å². The number of aryl methyl sites for hydroxylation is 4. The number of benzene rings is 11. The zero-order valence-electron chi connectivity index (χ0n) is 42.6. The van der Waals surface area contributed by atoms with E-state index in [1.807, 2.05) is 0 Å². The number of nitrogens with zero attached hydrogens (tertiary/aromatic N) is 2. The second kappa shape index (κ2) is 19.5. The predicted molar refractivity (Wildman–Crippen MR) is 316 cm³/mol. The summed E-state index contributed by atoms with van der Waals surface area (Å²) in [6, 6.07) is 99.1. The van der Waals surface area contributed by atoms with Gasteiger partial charge in [-0.2, -0.15) is 0 Å². The van der Waals surface area contributed by atoms with Crippen molar-refractivity contribution in [3.63, 3.8) is 0 Å². The average molecular weight is 963 g/mol. The summed E-state index contributed by atoms with van der Waals surface area (Å²) in [7, 11) is 0. The molecule has 11 aromatic carbocycles. The molecule has 0 fully saturated rings. The van der Waals surface area contributed by atoms with Gasteiger partial charge in [-0.15, -0.1) is 0 Å². The number of para-hydroxylation sites is 2. The molecule has 0 spiro atoms. The van der Waals surface area contributed by atoms with Crippen molar-refractivity contribution in [2.75, 3.05) is 9.80 Å². The van der Waals surface area contributed by atoms with Gasteiger partial charge in [0.15, 0.2) is 0 Å². The van der Waals surface area contributed by atoms with Crippen molar-refractivity contribution in [2.24, 2.45) is 0 Å². The SMILES string of the molecule is CC1(C)c2cc(-c3ccccc3)ccc2-c2ccc(N(c3ccc(-c4c(-c5ccccc5)cccc4-c4ccccc4)cc3)c3cc4ccc3CCc3ccc(c(N(c5ccccc5)c5ccccc5)c3)CC4)cc21. The zero-order valence-corrected chi connectivity index (χ0v) is 42.6. The Morgan fingerprint density at radius 3 is 1.21 bits per heavy atom. The van der Waals surface area contributed by atoms with Gasteiger partial charge in [-0.3, -0.25) is 0 Å². The van der Waals surface area contributed by atoms with Gasteiger partial charge in [0.1, 0.15) is 0 Å². The molecule has 0 saturated heterocycles. The first-order chi connectivity index (χ1) is 36.9. The van der Waals surface area contributed by atoms with Gasteiger partial charge in [0, 0.05) is 39.5 Å². The minimum absolute atomic E-state index is 0.214. The summed E-state index contributed by atoms with van der Waals surface area (Å²) in [6.07, 6.45) is 3.59. The van der Waals surface area contributed by atoms with Crippen LogP contribution in [0.25, 0.3) is 55.6 Å². The van der Waals surface area contributed by atoms with E-state index in [2.05, 4.69) is 291 Å². The fourth-order valence-electron chi connectivity index (χ4n) is 12.0. The highest BCUT2D eigenvalue weighted by atomic mass is 15.2. The van der Waals surface area contributed by atoms with Gasteiger partial charge in [0.2, 0.25) is 0 Å². The molecule has 5 aliphatic carbocycles. The summed E-state index contributed by atoms with van der Waals surface area (Å²) in [4.78, 5) is 5.00. The molecule has 0 heterocycles. The van der Waals surface area contributed by atoms with Gasteiger partial charge in [-0.05, 0) is 181 Å². The maximum Gasteiger partial charge on any atom is 0.0496 e. The molecule has 0 N–H and O–H groups in total. The number of anilines is 6. The molecule has 11 aromatic rings. The summed E-state index contributed by atoms with van der Waals surface area (Å²) < 4.78 is 0. The first-order valence-electron chi connectivity index (χ1n) is 26.6. The van der Waals surface area contributed by atoms with Gasteiger partial charge in [-0.25, -0.2) is 0 Å². The van der Waals surface area contributed by atoms with Crippen molar-refractivity contribution in [3.05, 3.63) is 300 Å². The molecule has 0 radical (unpaired) electrons. The minimum Gasteiger partial charge on any atom is -0.310 e. The van der Waals surface area contributed by atoms with Crippen molar-refractivity contribution >= 4 is 34.1 Å². The van der Waals surface area contributed by atoms with E-state index >= 15 is 0 Å². The largest absolute Gasteiger partial charge is 0.310 e. The van der Waals surface area contributed by atoms with E-state index in [-0.39, 0.29) is 5.41 Å². The minimum atomic E-state index is -0.214. The van der Waals surface area contributed by atoms with Crippen LogP contribution in [0.4, 0.5) is 34.1 Å². The molecule has 0 aromatic heterocycles. The highest BCUT2D eigenvalue weighted by molar-refractivity contribution is 5.96. The van der Waals surface area contributed by atoms with Gasteiger partial charge in [0.05, 0.1) is 0 Å². The van der Waals surface area contributed by atoms with E-state index < -0.39 is 0 Å². The number of rotatable bonds is 10. The quantitative estimate of drug-likeness (QED) is 0.135. The lowest BCUT2D eigenvalue weighted by atomic mass is 9.81. The fourth-order valence-corrected chi connectivity index (χ4v) is 12.0. The monoisotopic (exact) mass is 962 g/mol. The van der Waals surface area contributed by atoms with E-state index in [4.69, 9.17) is 0 Å². The van der Waals surface area contributed by atoms with Gasteiger partial charge in [-0.1, -0.05) is 214 Å². The Bertz CT molecular complexity index is 3730. The third-order valence-electron chi connectivity index (χ3n) is 15.8. The number of fused-ring (bicyclic) bond motifs is 3. The summed E-state index contributed by atoms with van der Waals surface area (Å²) in [6.45, 7) is 4.81. The molecular formula is C73H58N2. The first-order valence-corrected chi connectivity index (χ1v) is 26.6. The highest BCUT2D eigenvalue weighted by Crippen LogP contribution is 2.52. The van der Waals surface area contributed by atoms with E-state index in [0.717, 1.165) is 37.1 Å². The molecule has 0 amide bonds. The topological polar surface area (TPSA) is 6.48 Å². The van der Waals surface area contributed by atoms with Crippen molar-refractivity contribution in [3.8, 4) is 55.6 Å². The Hall–Kier alpha value is -8.98. The second-order valence-electron chi connectivity index (χ2n) is 20.8. The molecule has 360 valence electrons. The lowest BCUT2D eigenvalue weighted by Crippen LogP contribution is -2.18. The van der Waals surface area contributed by atoms with Crippen LogP contribution in [0.3, 0.4) is 0 Å². The Morgan fingerprint density at radius 2 is 0.693 bits per heavy atom. The molecule has 0 atom stereocenters. The van der Waals surface area contributed by atoms with Crippen LogP contribution in [0.5, 0.6) is 0 Å². The molecule has 16 rings (SSSR count). The van der Waals surface area contributed by atoms with Crippen LogP contribution in [-0.2, 0) is 31.1 Å². The molecule has 2 nitrogen and oxygen atoms in total. The van der Waals surface area contributed by atoms with Crippen molar-refractivity contribution < 1.29 is 0 Å². The van der Waals surface area contributed by atoms with Crippen molar-refractivity contribution in [1.82, 2.24) is 0 Å². The Labute approximate surface area is 442 Å². The highest BCUT2D eigenvalue weighted by Gasteiger charge is 2.36. The van der Waals surface area contributed by atoms with Crippen molar-refractivity contribution in [2.45, 2.75) is 44.9 Å². The van der Waals surface area contributed by atoms with E-state index in [1.54, 1.807) is 0 Å². The van der Waals surface area contributed by atoms with Crippen LogP contribution >= 0.6 is 0 Å². The lowest BCUT2D eigenvalue weighted by Gasteiger charge is -2.31. The number of hydrogen-bond donors (Lipinski definition) is 0. The first kappa shape index (κ1) is 45.9. The van der Waals surface area contributed by atoms with Gasteiger partial charge < -0.3 is 9.80 Å². The Balaban J connectivity index is 0.941. The third kappa shape index (κ3) is 8.63. The molecular weight excluding hydrogens is 905 g/mol. The summed E-state index contributed by atoms with van der Waals surface area (Å²) in [5.41, 5.74) is 27.4. The standard InChI is InChI=1S/C73H58N2/c1-73(2)68-49-59(53-19-8-3-9-20-53)41-45-66(68)67-46-44-63(50-69(67)73)75(62-42-39-58(40-43-62)72-64(54-21-10-4-11-22-54)29-18-30-65(72)55-23-12-5-13-24-55)71-48-52-32-36-56-35-31-51(33-37-57(71)38-34-52)47-70(56)74(60-25-14-6-15-26-60)61-27-16-7-17-28-61/h3-31,34-35,38-50H,32-33,36-37H2,1-2H3. The predicted octanol–water partition coefficient (Wildman–Crippen LogP) is 19.5. The zero-order chi connectivity index (χ0) is 50.3. The molecule has 5 aliphatic rings. The van der Waals surface area contributed by atoms with E-state index in [0.29, 0.717) is 0 Å². The van der Waals surface area contributed by atoms with Gasteiger partial charge in [0.25, 0.3) is 0 Å². The Kier molecular flexibility index (Phi) is 11.9. The lowest BCUT2D eigenvalue weighted by molar-refractivity contribution is 0.660. The van der Waals surface area contributed by atoms with Crippen LogP contribution < -0.4 is 9.80 Å². The summed E-state index contributed by atoms with van der Waals surface area (Å²) in [5, 5.41) is 0. The molecule has 0 saturated carbocycles. The average Bonchev–Trinajstić information content (AvgIpc) is 3.70. The molecule has 75 heavy (non-hydrogen) atoms. The summed E-state index contributed by atoms with van der Waals surface area (Å²) in [5.74, 6) is 0. The van der Waals surface area contributed by atoms with Crippen LogP contribution in [0.1, 0.15) is 47.2 Å². The smallest absolute Gasteiger partial charge is 0.0496 e. The fraction of sp³-hybridized carbons (Fsp3) is 0.0959. The van der Waals surface area contributed by atoms with Crippen LogP contribution in [0, 0.1) is 0 Å². The summed E-state index contributed by atoms with van der Waals surface area (Å²) >= 11 is 0. The normalized spacial score (nSPS) is 13.1. The van der Waals surface area contributed by atoms with Gasteiger partial charge >= 0.3 is 0 Å². The molecule has 2 heteroatoms. The van der Waals surface area contributed by atoms with Crippen molar-refractivity contribution in [1.29, 1.82) is 0 Å². The Morgan fingerprint density at radius 1 is 0.280 bits per heavy atom. The molecule has 0 unspecified atom stereocenters. The maximum atomic E-state index is 2.56. The van der Waals surface area contributed by atoms with Crippen LogP contribution in [0.2, 0.25) is 0 Å².